The number of piperidine rings is 1. The summed E-state index contributed by atoms with van der Waals surface area (Å²) in [4.78, 5) is 2.60. The van der Waals surface area contributed by atoms with Gasteiger partial charge in [0, 0.05) is 12.6 Å². The van der Waals surface area contributed by atoms with Crippen LogP contribution in [0, 0.1) is 5.92 Å². The summed E-state index contributed by atoms with van der Waals surface area (Å²) in [6, 6.07) is 0.682. The first kappa shape index (κ1) is 15.9. The average molecular weight is 256 g/mol. The molecule has 1 heterocycles. The number of nitrogens with one attached hydrogen (secondary N) is 1. The summed E-state index contributed by atoms with van der Waals surface area (Å²) in [6.07, 6.45) is 7.30. The van der Waals surface area contributed by atoms with Gasteiger partial charge in [-0.05, 0) is 77.5 Å². The molecule has 0 amide bonds. The van der Waals surface area contributed by atoms with Crippen LogP contribution in [0.2, 0.25) is 0 Å². The zero-order valence-corrected chi connectivity index (χ0v) is 12.3. The van der Waals surface area contributed by atoms with Crippen LogP contribution in [0.4, 0.5) is 0 Å². The van der Waals surface area contributed by atoms with Gasteiger partial charge in [-0.15, -0.1) is 0 Å². The van der Waals surface area contributed by atoms with Crippen LogP contribution < -0.4 is 5.32 Å². The van der Waals surface area contributed by atoms with Gasteiger partial charge in [0.15, 0.2) is 0 Å². The summed E-state index contributed by atoms with van der Waals surface area (Å²) in [5, 5.41) is 12.4. The predicted octanol–water partition coefficient (Wildman–Crippen LogP) is 2.25. The van der Waals surface area contributed by atoms with Crippen molar-refractivity contribution in [3.05, 3.63) is 0 Å². The van der Waals surface area contributed by atoms with Crippen LogP contribution in [0.25, 0.3) is 0 Å². The van der Waals surface area contributed by atoms with E-state index in [9.17, 15) is 0 Å². The molecular formula is C15H32N2O. The molecule has 1 unspecified atom stereocenters. The molecule has 1 aliphatic heterocycles. The van der Waals surface area contributed by atoms with Crippen molar-refractivity contribution in [1.82, 2.24) is 10.2 Å². The first-order chi connectivity index (χ1) is 8.77. The first-order valence-electron chi connectivity index (χ1n) is 7.84. The van der Waals surface area contributed by atoms with E-state index in [1.165, 1.54) is 51.7 Å². The molecule has 108 valence electrons. The quantitative estimate of drug-likeness (QED) is 0.621. The van der Waals surface area contributed by atoms with Gasteiger partial charge in [-0.3, -0.25) is 0 Å². The molecule has 1 saturated heterocycles. The fourth-order valence-corrected chi connectivity index (χ4v) is 2.84. The fourth-order valence-electron chi connectivity index (χ4n) is 2.84. The maximum Gasteiger partial charge on any atom is 0.0431 e. The minimum absolute atomic E-state index is 0.350. The Bertz CT molecular complexity index is 191. The van der Waals surface area contributed by atoms with Crippen molar-refractivity contribution in [3.8, 4) is 0 Å². The van der Waals surface area contributed by atoms with Crippen LogP contribution >= 0.6 is 0 Å². The first-order valence-corrected chi connectivity index (χ1v) is 7.84. The lowest BCUT2D eigenvalue weighted by Crippen LogP contribution is -2.42. The lowest BCUT2D eigenvalue weighted by atomic mass is 9.90. The normalized spacial score (nSPS) is 20.2. The van der Waals surface area contributed by atoms with Gasteiger partial charge in [0.1, 0.15) is 0 Å². The molecule has 0 radical (unpaired) electrons. The summed E-state index contributed by atoms with van der Waals surface area (Å²) in [5.41, 5.74) is 0. The maximum absolute atomic E-state index is 8.75. The Kier molecular flexibility index (Phi) is 8.64. The monoisotopic (exact) mass is 256 g/mol. The Hall–Kier alpha value is -0.120. The summed E-state index contributed by atoms with van der Waals surface area (Å²) in [6.45, 7) is 9.84. The summed E-state index contributed by atoms with van der Waals surface area (Å²) in [5.74, 6) is 0.866. The Balaban J connectivity index is 2.08. The number of rotatable bonds is 9. The third-order valence-electron chi connectivity index (χ3n) is 4.19. The predicted molar refractivity (Wildman–Crippen MR) is 77.9 cm³/mol. The summed E-state index contributed by atoms with van der Waals surface area (Å²) >= 11 is 0. The van der Waals surface area contributed by atoms with Crippen LogP contribution in [-0.2, 0) is 0 Å². The van der Waals surface area contributed by atoms with E-state index in [1.54, 1.807) is 0 Å². The van der Waals surface area contributed by atoms with E-state index in [4.69, 9.17) is 5.11 Å². The van der Waals surface area contributed by atoms with Crippen LogP contribution in [0.5, 0.6) is 0 Å². The molecule has 1 atom stereocenters. The van der Waals surface area contributed by atoms with Gasteiger partial charge >= 0.3 is 0 Å². The highest BCUT2D eigenvalue weighted by Crippen LogP contribution is 2.20. The van der Waals surface area contributed by atoms with E-state index in [-0.39, 0.29) is 0 Å². The summed E-state index contributed by atoms with van der Waals surface area (Å²) < 4.78 is 0. The van der Waals surface area contributed by atoms with Gasteiger partial charge in [0.25, 0.3) is 0 Å². The SMILES string of the molecule is CCCNC(C)C1CCN(CCCCCO)CC1. The Morgan fingerprint density at radius 3 is 2.56 bits per heavy atom. The van der Waals surface area contributed by atoms with Gasteiger partial charge in [-0.2, -0.15) is 0 Å². The highest BCUT2D eigenvalue weighted by molar-refractivity contribution is 4.79. The highest BCUT2D eigenvalue weighted by Gasteiger charge is 2.22. The number of aliphatic hydroxyl groups excluding tert-OH is 1. The van der Waals surface area contributed by atoms with Crippen molar-refractivity contribution in [3.63, 3.8) is 0 Å². The van der Waals surface area contributed by atoms with Crippen molar-refractivity contribution in [2.75, 3.05) is 32.8 Å². The molecule has 2 N–H and O–H groups in total. The molecule has 0 saturated carbocycles. The van der Waals surface area contributed by atoms with Crippen LogP contribution in [0.15, 0.2) is 0 Å². The molecule has 0 aromatic rings. The Labute approximate surface area is 113 Å². The van der Waals surface area contributed by atoms with Gasteiger partial charge < -0.3 is 15.3 Å². The van der Waals surface area contributed by atoms with E-state index in [1.807, 2.05) is 0 Å². The molecule has 0 aromatic heterocycles. The molecular weight excluding hydrogens is 224 g/mol. The highest BCUT2D eigenvalue weighted by atomic mass is 16.2. The third kappa shape index (κ3) is 6.17. The zero-order chi connectivity index (χ0) is 13.2. The molecule has 3 nitrogen and oxygen atoms in total. The molecule has 18 heavy (non-hydrogen) atoms. The van der Waals surface area contributed by atoms with Gasteiger partial charge in [-0.25, -0.2) is 0 Å². The lowest BCUT2D eigenvalue weighted by Gasteiger charge is -2.35. The van der Waals surface area contributed by atoms with Gasteiger partial charge in [0.2, 0.25) is 0 Å². The zero-order valence-electron chi connectivity index (χ0n) is 12.3. The van der Waals surface area contributed by atoms with Crippen LogP contribution in [0.1, 0.15) is 52.4 Å². The van der Waals surface area contributed by atoms with Crippen molar-refractivity contribution in [2.45, 2.75) is 58.4 Å². The van der Waals surface area contributed by atoms with E-state index < -0.39 is 0 Å². The summed E-state index contributed by atoms with van der Waals surface area (Å²) in [7, 11) is 0. The number of likely N-dealkylation sites (tertiary alicyclic amines) is 1. The molecule has 1 aliphatic rings. The van der Waals surface area contributed by atoms with Crippen LogP contribution in [0.3, 0.4) is 0 Å². The maximum atomic E-state index is 8.75. The number of unbranched alkanes of at least 4 members (excludes halogenated alkanes) is 2. The minimum Gasteiger partial charge on any atom is -0.396 e. The second-order valence-corrected chi connectivity index (χ2v) is 5.71. The smallest absolute Gasteiger partial charge is 0.0431 e. The van der Waals surface area contributed by atoms with E-state index in [0.717, 1.165) is 18.9 Å². The standard InChI is InChI=1S/C15H32N2O/c1-3-9-16-14(2)15-7-11-17(12-8-15)10-5-4-6-13-18/h14-16,18H,3-13H2,1-2H3. The van der Waals surface area contributed by atoms with Crippen molar-refractivity contribution >= 4 is 0 Å². The molecule has 1 fully saturated rings. The minimum atomic E-state index is 0.350. The number of hydrogen-bond donors (Lipinski definition) is 2. The molecule has 1 rings (SSSR count). The van der Waals surface area contributed by atoms with Gasteiger partial charge in [-0.1, -0.05) is 6.92 Å². The largest absolute Gasteiger partial charge is 0.396 e. The molecule has 0 spiro atoms. The number of nitrogens with zero attached hydrogens (tertiary/aromatic N) is 1. The molecule has 0 aliphatic carbocycles. The number of aliphatic hydroxyl groups is 1. The van der Waals surface area contributed by atoms with Gasteiger partial charge in [0.05, 0.1) is 0 Å². The third-order valence-corrected chi connectivity index (χ3v) is 4.19. The molecule has 0 aromatic carbocycles. The van der Waals surface area contributed by atoms with Crippen molar-refractivity contribution in [2.24, 2.45) is 5.92 Å². The average Bonchev–Trinajstić information content (AvgIpc) is 2.41. The van der Waals surface area contributed by atoms with Crippen molar-refractivity contribution in [1.29, 1.82) is 0 Å². The number of hydrogen-bond acceptors (Lipinski definition) is 3. The Morgan fingerprint density at radius 2 is 1.94 bits per heavy atom. The second-order valence-electron chi connectivity index (χ2n) is 5.71. The van der Waals surface area contributed by atoms with Crippen molar-refractivity contribution < 1.29 is 5.11 Å². The second kappa shape index (κ2) is 9.76. The topological polar surface area (TPSA) is 35.5 Å². The van der Waals surface area contributed by atoms with E-state index in [2.05, 4.69) is 24.1 Å². The molecule has 3 heteroatoms. The fraction of sp³-hybridized carbons (Fsp3) is 1.00. The van der Waals surface area contributed by atoms with Crippen LogP contribution in [-0.4, -0.2) is 48.8 Å². The molecule has 0 bridgehead atoms. The lowest BCUT2D eigenvalue weighted by molar-refractivity contribution is 0.159. The Morgan fingerprint density at radius 1 is 1.22 bits per heavy atom. The van der Waals surface area contributed by atoms with E-state index >= 15 is 0 Å². The van der Waals surface area contributed by atoms with E-state index in [0.29, 0.717) is 12.6 Å².